The summed E-state index contributed by atoms with van der Waals surface area (Å²) in [6.45, 7) is 7.91. The van der Waals surface area contributed by atoms with Crippen LogP contribution in [-0.2, 0) is 16.1 Å². The highest BCUT2D eigenvalue weighted by Gasteiger charge is 2.35. The first-order chi connectivity index (χ1) is 15.7. The number of carbonyl (C=O) groups is 3. The molecule has 1 aromatic heterocycles. The summed E-state index contributed by atoms with van der Waals surface area (Å²) in [4.78, 5) is 39.4. The number of anilines is 1. The summed E-state index contributed by atoms with van der Waals surface area (Å²) < 4.78 is 7.18. The molecule has 1 N–H and O–H groups in total. The molecule has 2 aliphatic rings. The zero-order valence-electron chi connectivity index (χ0n) is 19.1. The van der Waals surface area contributed by atoms with Crippen molar-refractivity contribution in [3.63, 3.8) is 0 Å². The normalized spacial score (nSPS) is 18.6. The van der Waals surface area contributed by atoms with Crippen LogP contribution in [0.15, 0.2) is 48.7 Å². The van der Waals surface area contributed by atoms with Gasteiger partial charge >= 0.3 is 6.09 Å². The van der Waals surface area contributed by atoms with E-state index in [0.717, 1.165) is 41.5 Å². The third-order valence-corrected chi connectivity index (χ3v) is 6.27. The highest BCUT2D eigenvalue weighted by Crippen LogP contribution is 2.36. The molecule has 3 heterocycles. The van der Waals surface area contributed by atoms with E-state index in [0.29, 0.717) is 17.8 Å². The van der Waals surface area contributed by atoms with Crippen LogP contribution in [0.4, 0.5) is 10.5 Å². The largest absolute Gasteiger partial charge is 0.443 e. The average Bonchev–Trinajstić information content (AvgIpc) is 3.44. The number of ketones is 1. The quantitative estimate of drug-likeness (QED) is 0.599. The molecule has 0 saturated carbocycles. The maximum Gasteiger partial charge on any atom is 0.419 e. The number of likely N-dealkylation sites (tertiary alicyclic amines) is 1. The minimum absolute atomic E-state index is 0.177. The van der Waals surface area contributed by atoms with Crippen LogP contribution in [0.5, 0.6) is 0 Å². The second-order valence-electron chi connectivity index (χ2n) is 9.80. The lowest BCUT2D eigenvalue weighted by atomic mass is 9.91. The monoisotopic (exact) mass is 445 g/mol. The van der Waals surface area contributed by atoms with E-state index in [1.165, 1.54) is 0 Å². The number of rotatable bonds is 3. The fourth-order valence-corrected chi connectivity index (χ4v) is 4.87. The van der Waals surface area contributed by atoms with Gasteiger partial charge in [0.15, 0.2) is 0 Å². The number of fused-ring (bicyclic) bond motifs is 2. The molecular weight excluding hydrogens is 418 g/mol. The van der Waals surface area contributed by atoms with Gasteiger partial charge in [0.1, 0.15) is 5.60 Å². The number of aromatic nitrogens is 1. The molecule has 1 amide bonds. The highest BCUT2D eigenvalue weighted by atomic mass is 16.6. The molecule has 1 saturated heterocycles. The number of nitrogens with one attached hydrogen (secondary N) is 1. The Hall–Kier alpha value is -3.45. The van der Waals surface area contributed by atoms with Crippen molar-refractivity contribution in [3.05, 3.63) is 65.4 Å². The molecule has 7 nitrogen and oxygen atoms in total. The summed E-state index contributed by atoms with van der Waals surface area (Å²) in [6, 6.07) is 13.5. The topological polar surface area (TPSA) is 80.6 Å². The second kappa shape index (κ2) is 7.85. The van der Waals surface area contributed by atoms with E-state index in [4.69, 9.17) is 4.74 Å². The first-order valence-corrected chi connectivity index (χ1v) is 11.2. The zero-order valence-corrected chi connectivity index (χ0v) is 19.1. The van der Waals surface area contributed by atoms with Crippen LogP contribution >= 0.6 is 0 Å². The van der Waals surface area contributed by atoms with Crippen LogP contribution < -0.4 is 5.32 Å². The Balaban J connectivity index is 1.38. The predicted octanol–water partition coefficient (Wildman–Crippen LogP) is 4.55. The van der Waals surface area contributed by atoms with Crippen molar-refractivity contribution in [2.45, 2.75) is 45.3 Å². The van der Waals surface area contributed by atoms with E-state index in [2.05, 4.69) is 10.2 Å². The van der Waals surface area contributed by atoms with Gasteiger partial charge in [-0.2, -0.15) is 0 Å². The van der Waals surface area contributed by atoms with Crippen molar-refractivity contribution in [3.8, 4) is 0 Å². The number of nitrogens with zero attached hydrogens (tertiary/aromatic N) is 2. The summed E-state index contributed by atoms with van der Waals surface area (Å²) in [5.41, 5.74) is 3.39. The third-order valence-electron chi connectivity index (χ3n) is 6.27. The molecule has 2 aromatic carbocycles. The number of para-hydroxylation sites is 1. The Bertz CT molecular complexity index is 1280. The molecule has 3 aromatic rings. The van der Waals surface area contributed by atoms with Gasteiger partial charge in [0, 0.05) is 24.7 Å². The SMILES string of the molecule is CC(C)(C)OC(=O)n1cc(CN2CCC(c3cccc4c3C(=O)C(=O)N4)C2)c2ccccc21. The van der Waals surface area contributed by atoms with Gasteiger partial charge in [-0.25, -0.2) is 4.79 Å². The van der Waals surface area contributed by atoms with Crippen LogP contribution in [0.25, 0.3) is 10.9 Å². The Morgan fingerprint density at radius 3 is 2.70 bits per heavy atom. The second-order valence-corrected chi connectivity index (χ2v) is 9.80. The first-order valence-electron chi connectivity index (χ1n) is 11.2. The van der Waals surface area contributed by atoms with E-state index in [9.17, 15) is 14.4 Å². The Labute approximate surface area is 192 Å². The lowest BCUT2D eigenvalue weighted by Gasteiger charge is -2.19. The maximum absolute atomic E-state index is 12.8. The summed E-state index contributed by atoms with van der Waals surface area (Å²) in [6.07, 6.45) is 2.39. The molecule has 0 bridgehead atoms. The van der Waals surface area contributed by atoms with Gasteiger partial charge in [0.05, 0.1) is 16.8 Å². The molecule has 1 fully saturated rings. The lowest BCUT2D eigenvalue weighted by molar-refractivity contribution is -0.112. The van der Waals surface area contributed by atoms with Gasteiger partial charge in [-0.05, 0) is 62.9 Å². The number of carbonyl (C=O) groups excluding carboxylic acids is 3. The van der Waals surface area contributed by atoms with Crippen molar-refractivity contribution in [1.29, 1.82) is 0 Å². The summed E-state index contributed by atoms with van der Waals surface area (Å²) in [5, 5.41) is 3.69. The molecule has 5 rings (SSSR count). The smallest absolute Gasteiger partial charge is 0.419 e. The Kier molecular flexibility index (Phi) is 5.09. The summed E-state index contributed by atoms with van der Waals surface area (Å²) in [7, 11) is 0. The van der Waals surface area contributed by atoms with Crippen LogP contribution in [0.2, 0.25) is 0 Å². The van der Waals surface area contributed by atoms with Crippen LogP contribution in [-0.4, -0.2) is 45.9 Å². The summed E-state index contributed by atoms with van der Waals surface area (Å²) in [5.74, 6) is -0.822. The first kappa shape index (κ1) is 21.4. The van der Waals surface area contributed by atoms with E-state index >= 15 is 0 Å². The van der Waals surface area contributed by atoms with Crippen LogP contribution in [0.1, 0.15) is 54.6 Å². The number of hydrogen-bond acceptors (Lipinski definition) is 5. The van der Waals surface area contributed by atoms with Gasteiger partial charge in [-0.3, -0.25) is 19.1 Å². The van der Waals surface area contributed by atoms with E-state index < -0.39 is 17.3 Å². The molecule has 0 spiro atoms. The molecule has 1 atom stereocenters. The fourth-order valence-electron chi connectivity index (χ4n) is 4.87. The molecule has 170 valence electrons. The molecular formula is C26H27N3O4. The van der Waals surface area contributed by atoms with E-state index in [1.54, 1.807) is 10.6 Å². The van der Waals surface area contributed by atoms with Crippen LogP contribution in [0, 0.1) is 0 Å². The van der Waals surface area contributed by atoms with Gasteiger partial charge in [-0.1, -0.05) is 30.3 Å². The fraction of sp³-hybridized carbons (Fsp3) is 0.346. The molecule has 33 heavy (non-hydrogen) atoms. The van der Waals surface area contributed by atoms with Gasteiger partial charge in [-0.15, -0.1) is 0 Å². The Morgan fingerprint density at radius 2 is 1.91 bits per heavy atom. The molecule has 0 aliphatic carbocycles. The maximum atomic E-state index is 12.8. The van der Waals surface area contributed by atoms with Gasteiger partial charge < -0.3 is 10.1 Å². The van der Waals surface area contributed by atoms with Crippen LogP contribution in [0.3, 0.4) is 0 Å². The summed E-state index contributed by atoms with van der Waals surface area (Å²) >= 11 is 0. The minimum atomic E-state index is -0.575. The molecule has 2 aliphatic heterocycles. The number of benzene rings is 2. The van der Waals surface area contributed by atoms with Crippen molar-refractivity contribution < 1.29 is 19.1 Å². The minimum Gasteiger partial charge on any atom is -0.443 e. The third kappa shape index (κ3) is 3.93. The van der Waals surface area contributed by atoms with Crippen molar-refractivity contribution in [1.82, 2.24) is 9.47 Å². The number of hydrogen-bond donors (Lipinski definition) is 1. The number of Topliss-reactive ketones (excluding diaryl/α,β-unsaturated/α-hetero) is 1. The zero-order chi connectivity index (χ0) is 23.3. The standard InChI is InChI=1S/C26H27N3O4/c1-26(2,3)33-25(32)29-15-17(18-7-4-5-10-21(18)29)14-28-12-11-16(13-28)19-8-6-9-20-22(19)23(30)24(31)27-20/h4-10,15-16H,11-14H2,1-3H3,(H,27,30,31). The number of amides is 1. The van der Waals surface area contributed by atoms with Crippen molar-refractivity contribution in [2.75, 3.05) is 18.4 Å². The predicted molar refractivity (Wildman–Crippen MR) is 126 cm³/mol. The van der Waals surface area contributed by atoms with Crippen molar-refractivity contribution in [2.24, 2.45) is 0 Å². The highest BCUT2D eigenvalue weighted by molar-refractivity contribution is 6.52. The van der Waals surface area contributed by atoms with Crippen molar-refractivity contribution >= 4 is 34.4 Å². The number of ether oxygens (including phenoxy) is 1. The van der Waals surface area contributed by atoms with E-state index in [-0.39, 0.29) is 12.0 Å². The Morgan fingerprint density at radius 1 is 1.12 bits per heavy atom. The molecule has 0 radical (unpaired) electrons. The van der Waals surface area contributed by atoms with Gasteiger partial charge in [0.25, 0.3) is 11.7 Å². The van der Waals surface area contributed by atoms with E-state index in [1.807, 2.05) is 63.4 Å². The molecule has 1 unspecified atom stereocenters. The average molecular weight is 446 g/mol. The molecule has 7 heteroatoms. The van der Waals surface area contributed by atoms with Gasteiger partial charge in [0.2, 0.25) is 0 Å². The lowest BCUT2D eigenvalue weighted by Crippen LogP contribution is -2.26.